The Balaban J connectivity index is 1.58. The largest absolute Gasteiger partial charge is 0.337 e. The maximum absolute atomic E-state index is 13.3. The molecule has 4 rings (SSSR count). The van der Waals surface area contributed by atoms with Crippen LogP contribution in [0.1, 0.15) is 30.0 Å². The average Bonchev–Trinajstić information content (AvgIpc) is 3.38. The number of likely N-dealkylation sites (N-methyl/N-ethyl adjacent to an activating group) is 1. The second kappa shape index (κ2) is 12.0. The number of aromatic nitrogens is 1. The highest BCUT2D eigenvalue weighted by Crippen LogP contribution is 2.28. The van der Waals surface area contributed by atoms with Crippen LogP contribution in [0.4, 0.5) is 5.69 Å². The van der Waals surface area contributed by atoms with Crippen LogP contribution in [0, 0.1) is 0 Å². The number of hydrogen-bond acceptors (Lipinski definition) is 5. The number of rotatable bonds is 9. The third-order valence-corrected chi connectivity index (χ3v) is 8.69. The van der Waals surface area contributed by atoms with Crippen molar-refractivity contribution in [3.05, 3.63) is 87.1 Å². The number of halogens is 3. The van der Waals surface area contributed by atoms with E-state index in [1.807, 2.05) is 6.07 Å². The summed E-state index contributed by atoms with van der Waals surface area (Å²) in [4.78, 5) is 21.2. The smallest absolute Gasteiger partial charge is 0.263 e. The first-order valence-electron chi connectivity index (χ1n) is 11.8. The topological polar surface area (TPSA) is 82.6 Å². The van der Waals surface area contributed by atoms with Crippen molar-refractivity contribution in [2.75, 3.05) is 31.4 Å². The maximum atomic E-state index is 13.3. The van der Waals surface area contributed by atoms with Crippen LogP contribution in [0.25, 0.3) is 0 Å². The van der Waals surface area contributed by atoms with E-state index in [4.69, 9.17) is 34.8 Å². The minimum Gasteiger partial charge on any atom is -0.337 e. The van der Waals surface area contributed by atoms with Crippen LogP contribution in [-0.2, 0) is 21.2 Å². The molecule has 0 saturated carbocycles. The van der Waals surface area contributed by atoms with Crippen LogP contribution < -0.4 is 4.72 Å². The monoisotopic (exact) mass is 580 g/mol. The van der Waals surface area contributed by atoms with E-state index in [9.17, 15) is 13.2 Å². The number of hydrogen-bond donors (Lipinski definition) is 1. The molecule has 1 unspecified atom stereocenters. The van der Waals surface area contributed by atoms with E-state index in [-0.39, 0.29) is 28.4 Å². The van der Waals surface area contributed by atoms with Gasteiger partial charge in [-0.25, -0.2) is 13.4 Å². The van der Waals surface area contributed by atoms with Gasteiger partial charge in [-0.05, 0) is 73.5 Å². The molecule has 1 aliphatic heterocycles. The van der Waals surface area contributed by atoms with E-state index < -0.39 is 10.0 Å². The van der Waals surface area contributed by atoms with Gasteiger partial charge in [0, 0.05) is 25.5 Å². The van der Waals surface area contributed by atoms with E-state index in [2.05, 4.69) is 14.6 Å². The lowest BCUT2D eigenvalue weighted by molar-refractivity contribution is -0.131. The Morgan fingerprint density at radius 1 is 1.05 bits per heavy atom. The van der Waals surface area contributed by atoms with Crippen LogP contribution in [0.2, 0.25) is 15.2 Å². The summed E-state index contributed by atoms with van der Waals surface area (Å²) in [7, 11) is -2.09. The van der Waals surface area contributed by atoms with Crippen LogP contribution >= 0.6 is 34.8 Å². The molecule has 1 aliphatic rings. The van der Waals surface area contributed by atoms with Gasteiger partial charge in [0.1, 0.15) is 10.0 Å². The Hall–Kier alpha value is -2.36. The van der Waals surface area contributed by atoms with Crippen LogP contribution in [-0.4, -0.2) is 55.8 Å². The number of anilines is 1. The summed E-state index contributed by atoms with van der Waals surface area (Å²) in [5, 5.41) is 1.05. The maximum Gasteiger partial charge on any atom is 0.263 e. The SMILES string of the molecule is CN(C(=O)Cc1ccc(Cl)c(Cl)c1)C(CN1CCCC1)c1cccc(NS(=O)(=O)c2ccc(Cl)nc2)c1. The summed E-state index contributed by atoms with van der Waals surface area (Å²) in [6.45, 7) is 2.56. The third kappa shape index (κ3) is 7.15. The average molecular weight is 582 g/mol. The van der Waals surface area contributed by atoms with Gasteiger partial charge >= 0.3 is 0 Å². The summed E-state index contributed by atoms with van der Waals surface area (Å²) in [6, 6.07) is 14.8. The standard InChI is InChI=1S/C26H27Cl3N4O3S/c1-32(26(34)14-18-7-9-22(27)23(28)13-18)24(17-33-11-2-3-12-33)19-5-4-6-20(15-19)31-37(35,36)21-8-10-25(29)30-16-21/h4-10,13,15-16,24,31H,2-3,11-12,14,17H2,1H3. The van der Waals surface area contributed by atoms with Crippen molar-refractivity contribution in [3.63, 3.8) is 0 Å². The molecular formula is C26H27Cl3N4O3S. The fourth-order valence-corrected chi connectivity index (χ4v) is 5.75. The molecule has 1 amide bonds. The van der Waals surface area contributed by atoms with E-state index in [1.165, 1.54) is 18.3 Å². The fourth-order valence-electron chi connectivity index (χ4n) is 4.33. The molecule has 37 heavy (non-hydrogen) atoms. The van der Waals surface area contributed by atoms with E-state index in [0.717, 1.165) is 37.1 Å². The number of likely N-dealkylation sites (tertiary alicyclic amines) is 1. The molecule has 1 N–H and O–H groups in total. The van der Waals surface area contributed by atoms with Crippen molar-refractivity contribution >= 4 is 56.4 Å². The van der Waals surface area contributed by atoms with Gasteiger partial charge in [-0.15, -0.1) is 0 Å². The predicted octanol–water partition coefficient (Wildman–Crippen LogP) is 5.68. The second-order valence-electron chi connectivity index (χ2n) is 9.00. The molecule has 0 aliphatic carbocycles. The third-order valence-electron chi connectivity index (χ3n) is 6.36. The molecule has 11 heteroatoms. The molecule has 1 fully saturated rings. The van der Waals surface area contributed by atoms with E-state index in [0.29, 0.717) is 22.3 Å². The molecule has 2 heterocycles. The normalized spacial score (nSPS) is 14.9. The summed E-state index contributed by atoms with van der Waals surface area (Å²) in [5.74, 6) is -0.0826. The first kappa shape index (κ1) is 27.7. The molecule has 7 nitrogen and oxygen atoms in total. The van der Waals surface area contributed by atoms with Crippen LogP contribution in [0.15, 0.2) is 65.7 Å². The predicted molar refractivity (Wildman–Crippen MR) is 148 cm³/mol. The highest BCUT2D eigenvalue weighted by molar-refractivity contribution is 7.92. The molecule has 0 spiro atoms. The van der Waals surface area contributed by atoms with E-state index >= 15 is 0 Å². The Labute approximate surface area is 232 Å². The molecule has 2 aromatic carbocycles. The minimum absolute atomic E-state index is 0.00448. The molecule has 1 saturated heterocycles. The zero-order valence-corrected chi connectivity index (χ0v) is 23.3. The summed E-state index contributed by atoms with van der Waals surface area (Å²) in [5.41, 5.74) is 1.99. The van der Waals surface area contributed by atoms with Gasteiger partial charge in [0.2, 0.25) is 5.91 Å². The number of nitrogens with zero attached hydrogens (tertiary/aromatic N) is 3. The summed E-state index contributed by atoms with van der Waals surface area (Å²) >= 11 is 18.0. The first-order chi connectivity index (χ1) is 17.6. The lowest BCUT2D eigenvalue weighted by Crippen LogP contribution is -2.39. The summed E-state index contributed by atoms with van der Waals surface area (Å²) in [6.07, 6.45) is 3.60. The highest BCUT2D eigenvalue weighted by atomic mass is 35.5. The van der Waals surface area contributed by atoms with Crippen molar-refractivity contribution in [1.82, 2.24) is 14.8 Å². The molecule has 0 bridgehead atoms. The minimum atomic E-state index is -3.87. The Morgan fingerprint density at radius 2 is 1.81 bits per heavy atom. The van der Waals surface area contributed by atoms with Gasteiger partial charge in [0.25, 0.3) is 10.0 Å². The number of benzene rings is 2. The number of carbonyl (C=O) groups excluding carboxylic acids is 1. The number of pyridine rings is 1. The van der Waals surface area contributed by atoms with Gasteiger partial charge in [-0.3, -0.25) is 9.52 Å². The molecule has 3 aromatic rings. The van der Waals surface area contributed by atoms with Crippen molar-refractivity contribution in [3.8, 4) is 0 Å². The number of nitrogens with one attached hydrogen (secondary N) is 1. The molecule has 0 radical (unpaired) electrons. The van der Waals surface area contributed by atoms with Gasteiger partial charge in [-0.2, -0.15) is 0 Å². The van der Waals surface area contributed by atoms with Crippen molar-refractivity contribution < 1.29 is 13.2 Å². The number of carbonyl (C=O) groups is 1. The molecule has 1 atom stereocenters. The van der Waals surface area contributed by atoms with Crippen molar-refractivity contribution in [2.45, 2.75) is 30.2 Å². The molecule has 196 valence electrons. The second-order valence-corrected chi connectivity index (χ2v) is 11.9. The van der Waals surface area contributed by atoms with E-state index in [1.54, 1.807) is 48.3 Å². The van der Waals surface area contributed by atoms with Gasteiger partial charge in [-0.1, -0.05) is 53.0 Å². The Bertz CT molecular complexity index is 1360. The summed E-state index contributed by atoms with van der Waals surface area (Å²) < 4.78 is 28.4. The first-order valence-corrected chi connectivity index (χ1v) is 14.4. The zero-order chi connectivity index (χ0) is 26.6. The number of amides is 1. The lowest BCUT2D eigenvalue weighted by atomic mass is 10.0. The van der Waals surface area contributed by atoms with Gasteiger partial charge in [0.15, 0.2) is 0 Å². The fraction of sp³-hybridized carbons (Fsp3) is 0.308. The molecule has 1 aromatic heterocycles. The highest BCUT2D eigenvalue weighted by Gasteiger charge is 2.26. The van der Waals surface area contributed by atoms with Crippen molar-refractivity contribution in [1.29, 1.82) is 0 Å². The van der Waals surface area contributed by atoms with Crippen LogP contribution in [0.3, 0.4) is 0 Å². The van der Waals surface area contributed by atoms with Crippen molar-refractivity contribution in [2.24, 2.45) is 0 Å². The Morgan fingerprint density at radius 3 is 2.49 bits per heavy atom. The molecular weight excluding hydrogens is 555 g/mol. The Kier molecular flexibility index (Phi) is 8.98. The zero-order valence-electron chi connectivity index (χ0n) is 20.2. The number of sulfonamides is 1. The lowest BCUT2D eigenvalue weighted by Gasteiger charge is -2.32. The quantitative estimate of drug-likeness (QED) is 0.329. The van der Waals surface area contributed by atoms with Gasteiger partial charge in [0.05, 0.1) is 22.5 Å². The van der Waals surface area contributed by atoms with Crippen LogP contribution in [0.5, 0.6) is 0 Å². The van der Waals surface area contributed by atoms with Gasteiger partial charge < -0.3 is 9.80 Å².